The van der Waals surface area contributed by atoms with E-state index in [4.69, 9.17) is 0 Å². The molecule has 0 aromatic heterocycles. The molecule has 0 heterocycles. The molecule has 14 heavy (non-hydrogen) atoms. The van der Waals surface area contributed by atoms with Gasteiger partial charge in [-0.15, -0.1) is 0 Å². The number of carbonyl (C=O) groups is 1. The number of hydrogen-bond donors (Lipinski definition) is 0. The first kappa shape index (κ1) is 11.5. The van der Waals surface area contributed by atoms with Gasteiger partial charge >= 0.3 is 0 Å². The second-order valence-electron chi connectivity index (χ2n) is 4.92. The zero-order valence-corrected chi connectivity index (χ0v) is 9.75. The second kappa shape index (κ2) is 5.38. The van der Waals surface area contributed by atoms with Crippen LogP contribution in [0.4, 0.5) is 0 Å². The lowest BCUT2D eigenvalue weighted by molar-refractivity contribution is -0.136. The molecule has 0 aromatic carbocycles. The van der Waals surface area contributed by atoms with Crippen molar-refractivity contribution in [2.24, 2.45) is 11.8 Å². The van der Waals surface area contributed by atoms with Gasteiger partial charge in [0, 0.05) is 19.5 Å². The summed E-state index contributed by atoms with van der Waals surface area (Å²) in [6, 6.07) is 0. The van der Waals surface area contributed by atoms with E-state index in [-0.39, 0.29) is 0 Å². The minimum absolute atomic E-state index is 0.360. The Bertz CT molecular complexity index is 185. The molecule has 1 saturated carbocycles. The van der Waals surface area contributed by atoms with Crippen LogP contribution in [0, 0.1) is 11.8 Å². The highest BCUT2D eigenvalue weighted by molar-refractivity contribution is 5.79. The van der Waals surface area contributed by atoms with Crippen LogP contribution in [0.15, 0.2) is 0 Å². The normalized spacial score (nSPS) is 16.9. The molecule has 0 saturated heterocycles. The monoisotopic (exact) mass is 197 g/mol. The smallest absolute Gasteiger partial charge is 0.225 e. The lowest BCUT2D eigenvalue weighted by Crippen LogP contribution is -2.36. The Labute approximate surface area is 87.7 Å². The minimum atomic E-state index is 0.360. The van der Waals surface area contributed by atoms with Crippen LogP contribution in [0.2, 0.25) is 0 Å². The third-order valence-electron chi connectivity index (χ3n) is 3.11. The van der Waals surface area contributed by atoms with Crippen LogP contribution in [0.25, 0.3) is 0 Å². The number of rotatable bonds is 5. The van der Waals surface area contributed by atoms with E-state index < -0.39 is 0 Å². The fraction of sp³-hybridized carbons (Fsp3) is 0.917. The van der Waals surface area contributed by atoms with Gasteiger partial charge in [-0.25, -0.2) is 0 Å². The maximum Gasteiger partial charge on any atom is 0.225 e. The molecule has 0 atom stereocenters. The van der Waals surface area contributed by atoms with Crippen molar-refractivity contribution in [3.8, 4) is 0 Å². The van der Waals surface area contributed by atoms with E-state index in [1.807, 2.05) is 11.9 Å². The van der Waals surface area contributed by atoms with Crippen LogP contribution in [0.3, 0.4) is 0 Å². The Morgan fingerprint density at radius 1 is 1.43 bits per heavy atom. The second-order valence-corrected chi connectivity index (χ2v) is 4.92. The molecule has 1 aliphatic carbocycles. The van der Waals surface area contributed by atoms with Crippen molar-refractivity contribution in [1.82, 2.24) is 4.90 Å². The highest BCUT2D eigenvalue weighted by Crippen LogP contribution is 2.27. The highest BCUT2D eigenvalue weighted by Gasteiger charge is 2.27. The molecule has 0 radical (unpaired) electrons. The summed E-state index contributed by atoms with van der Waals surface area (Å²) in [5.41, 5.74) is 0. The number of nitrogens with zero attached hydrogens (tertiary/aromatic N) is 1. The fourth-order valence-electron chi connectivity index (χ4n) is 1.81. The van der Waals surface area contributed by atoms with Crippen LogP contribution < -0.4 is 0 Å². The first-order valence-corrected chi connectivity index (χ1v) is 5.86. The van der Waals surface area contributed by atoms with E-state index in [9.17, 15) is 4.79 Å². The molecule has 2 nitrogen and oxygen atoms in total. The SMILES string of the molecule is CC(C)CCCN(C)C(=O)C1CCC1. The van der Waals surface area contributed by atoms with E-state index in [0.717, 1.165) is 31.7 Å². The lowest BCUT2D eigenvalue weighted by atomic mass is 9.84. The molecule has 1 amide bonds. The number of carbonyl (C=O) groups excluding carboxylic acids is 1. The van der Waals surface area contributed by atoms with Gasteiger partial charge in [-0.05, 0) is 31.6 Å². The predicted molar refractivity (Wildman–Crippen MR) is 59.1 cm³/mol. The summed E-state index contributed by atoms with van der Waals surface area (Å²) in [4.78, 5) is 13.6. The van der Waals surface area contributed by atoms with Crippen LogP contribution in [0.1, 0.15) is 46.0 Å². The molecule has 1 rings (SSSR count). The molecule has 82 valence electrons. The molecule has 0 aromatic rings. The summed E-state index contributed by atoms with van der Waals surface area (Å²) in [5.74, 6) is 1.49. The van der Waals surface area contributed by atoms with E-state index in [1.54, 1.807) is 0 Å². The molecule has 0 unspecified atom stereocenters. The van der Waals surface area contributed by atoms with E-state index in [1.165, 1.54) is 12.8 Å². The van der Waals surface area contributed by atoms with Gasteiger partial charge in [0.2, 0.25) is 5.91 Å². The third-order valence-corrected chi connectivity index (χ3v) is 3.11. The average molecular weight is 197 g/mol. The number of amides is 1. The molecule has 0 N–H and O–H groups in total. The Morgan fingerprint density at radius 2 is 2.07 bits per heavy atom. The maximum atomic E-state index is 11.7. The van der Waals surface area contributed by atoms with E-state index >= 15 is 0 Å². The van der Waals surface area contributed by atoms with Gasteiger partial charge in [-0.1, -0.05) is 20.3 Å². The molecule has 1 aliphatic rings. The van der Waals surface area contributed by atoms with Gasteiger partial charge in [0.15, 0.2) is 0 Å². The van der Waals surface area contributed by atoms with Crippen LogP contribution >= 0.6 is 0 Å². The van der Waals surface area contributed by atoms with Gasteiger partial charge in [-0.2, -0.15) is 0 Å². The van der Waals surface area contributed by atoms with Gasteiger partial charge in [0.25, 0.3) is 0 Å². The first-order valence-electron chi connectivity index (χ1n) is 5.86. The molecule has 0 bridgehead atoms. The molecule has 2 heteroatoms. The van der Waals surface area contributed by atoms with Crippen molar-refractivity contribution in [2.75, 3.05) is 13.6 Å². The zero-order valence-electron chi connectivity index (χ0n) is 9.75. The van der Waals surface area contributed by atoms with Gasteiger partial charge in [-0.3, -0.25) is 4.79 Å². The van der Waals surface area contributed by atoms with Crippen LogP contribution in [-0.4, -0.2) is 24.4 Å². The lowest BCUT2D eigenvalue weighted by Gasteiger charge is -2.29. The fourth-order valence-corrected chi connectivity index (χ4v) is 1.81. The summed E-state index contributed by atoms with van der Waals surface area (Å²) in [5, 5.41) is 0. The van der Waals surface area contributed by atoms with Crippen molar-refractivity contribution in [2.45, 2.75) is 46.0 Å². The largest absolute Gasteiger partial charge is 0.346 e. The molecule has 0 spiro atoms. The quantitative estimate of drug-likeness (QED) is 0.663. The zero-order chi connectivity index (χ0) is 10.6. The summed E-state index contributed by atoms with van der Waals surface area (Å²) in [6.45, 7) is 5.40. The Balaban J connectivity index is 2.13. The van der Waals surface area contributed by atoms with E-state index in [0.29, 0.717) is 11.8 Å². The molecule has 1 fully saturated rings. The maximum absolute atomic E-state index is 11.7. The summed E-state index contributed by atoms with van der Waals surface area (Å²) >= 11 is 0. The predicted octanol–water partition coefficient (Wildman–Crippen LogP) is 2.68. The van der Waals surface area contributed by atoms with Gasteiger partial charge < -0.3 is 4.90 Å². The molecule has 0 aliphatic heterocycles. The van der Waals surface area contributed by atoms with Crippen molar-refractivity contribution >= 4 is 5.91 Å². The van der Waals surface area contributed by atoms with Crippen molar-refractivity contribution in [1.29, 1.82) is 0 Å². The van der Waals surface area contributed by atoms with Crippen molar-refractivity contribution in [3.05, 3.63) is 0 Å². The summed E-state index contributed by atoms with van der Waals surface area (Å²) in [6.07, 6.45) is 5.85. The summed E-state index contributed by atoms with van der Waals surface area (Å²) < 4.78 is 0. The van der Waals surface area contributed by atoms with Gasteiger partial charge in [0.05, 0.1) is 0 Å². The van der Waals surface area contributed by atoms with Crippen LogP contribution in [-0.2, 0) is 4.79 Å². The van der Waals surface area contributed by atoms with Crippen molar-refractivity contribution in [3.63, 3.8) is 0 Å². The Kier molecular flexibility index (Phi) is 4.43. The Hall–Kier alpha value is -0.530. The molecular weight excluding hydrogens is 174 g/mol. The topological polar surface area (TPSA) is 20.3 Å². The standard InChI is InChI=1S/C12H23NO/c1-10(2)6-5-9-13(3)12(14)11-7-4-8-11/h10-11H,4-9H2,1-3H3. The Morgan fingerprint density at radius 3 is 2.50 bits per heavy atom. The third kappa shape index (κ3) is 3.32. The van der Waals surface area contributed by atoms with E-state index in [2.05, 4.69) is 13.8 Å². The van der Waals surface area contributed by atoms with Gasteiger partial charge in [0.1, 0.15) is 0 Å². The van der Waals surface area contributed by atoms with Crippen molar-refractivity contribution < 1.29 is 4.79 Å². The minimum Gasteiger partial charge on any atom is -0.346 e. The number of hydrogen-bond acceptors (Lipinski definition) is 1. The first-order chi connectivity index (χ1) is 6.61. The highest BCUT2D eigenvalue weighted by atomic mass is 16.2. The van der Waals surface area contributed by atoms with Crippen LogP contribution in [0.5, 0.6) is 0 Å². The average Bonchev–Trinajstić information content (AvgIpc) is 2.00. The molecular formula is C12H23NO. The summed E-state index contributed by atoms with van der Waals surface area (Å²) in [7, 11) is 1.95.